The van der Waals surface area contributed by atoms with Gasteiger partial charge in [0, 0.05) is 22.4 Å². The number of aryl methyl sites for hydroxylation is 3. The third kappa shape index (κ3) is 5.28. The molecule has 0 heterocycles. The first-order valence-electron chi connectivity index (χ1n) is 13.4. The van der Waals surface area contributed by atoms with Crippen LogP contribution in [0.1, 0.15) is 22.3 Å². The highest BCUT2D eigenvalue weighted by Crippen LogP contribution is 2.54. The van der Waals surface area contributed by atoms with Crippen LogP contribution >= 0.6 is 7.05 Å². The quantitative estimate of drug-likeness (QED) is 0.0660. The third-order valence-corrected chi connectivity index (χ3v) is 10.8. The number of hydrogen-bond acceptors (Lipinski definition) is 4. The van der Waals surface area contributed by atoms with Gasteiger partial charge in [0.2, 0.25) is 5.82 Å². The lowest BCUT2D eigenvalue weighted by atomic mass is 10.1. The van der Waals surface area contributed by atoms with Gasteiger partial charge >= 0.3 is 0 Å². The molecule has 4 nitrogen and oxygen atoms in total. The summed E-state index contributed by atoms with van der Waals surface area (Å²) >= 11 is 0. The molecule has 0 bridgehead atoms. The van der Waals surface area contributed by atoms with E-state index in [4.69, 9.17) is 4.74 Å². The Labute approximate surface area is 250 Å². The molecule has 0 saturated heterocycles. The molecule has 2 N–H and O–H groups in total. The Balaban J connectivity index is 1.96. The monoisotopic (exact) mass is 620 g/mol. The third-order valence-electron chi connectivity index (χ3n) is 7.13. The SMILES string of the molecule is Cc1cc(C)c(N=Cc2ccccc2N=P(c2ccccc2O)(c2ccccc2O)c2c(F)c(F)c(F)c(F)c2F)c(C)c1. The van der Waals surface area contributed by atoms with Crippen LogP contribution in [-0.2, 0) is 0 Å². The molecule has 0 aliphatic heterocycles. The number of rotatable bonds is 6. The highest BCUT2D eigenvalue weighted by molar-refractivity contribution is 7.87. The fourth-order valence-corrected chi connectivity index (χ4v) is 8.98. The average Bonchev–Trinajstić information content (AvgIpc) is 2.99. The van der Waals surface area contributed by atoms with E-state index < -0.39 is 52.9 Å². The maximum atomic E-state index is 15.9. The second-order valence-corrected chi connectivity index (χ2v) is 13.1. The molecule has 5 rings (SSSR count). The van der Waals surface area contributed by atoms with Crippen LogP contribution in [0.5, 0.6) is 11.5 Å². The number of aliphatic imine (C=N–C) groups is 1. The Kier molecular flexibility index (Phi) is 8.44. The summed E-state index contributed by atoms with van der Waals surface area (Å²) in [6, 6.07) is 21.0. The molecule has 0 fully saturated rings. The molecule has 0 saturated carbocycles. The van der Waals surface area contributed by atoms with Crippen LogP contribution in [-0.4, -0.2) is 16.4 Å². The molecule has 0 atom stereocenters. The van der Waals surface area contributed by atoms with E-state index in [-0.39, 0.29) is 16.3 Å². The summed E-state index contributed by atoms with van der Waals surface area (Å²) in [6.45, 7) is 5.76. The van der Waals surface area contributed by atoms with Crippen LogP contribution in [0.4, 0.5) is 33.3 Å². The van der Waals surface area contributed by atoms with Gasteiger partial charge in [-0.1, -0.05) is 60.2 Å². The van der Waals surface area contributed by atoms with Gasteiger partial charge in [-0.05, 0) is 62.2 Å². The minimum Gasteiger partial charge on any atom is -0.507 e. The van der Waals surface area contributed by atoms with Crippen molar-refractivity contribution < 1.29 is 32.2 Å². The number of halogens is 5. The Morgan fingerprint density at radius 3 is 1.59 bits per heavy atom. The van der Waals surface area contributed by atoms with Crippen molar-refractivity contribution in [3.8, 4) is 11.5 Å². The van der Waals surface area contributed by atoms with E-state index in [2.05, 4.69) is 4.99 Å². The second kappa shape index (κ2) is 12.1. The first kappa shape index (κ1) is 30.7. The number of phenols is 2. The molecule has 5 aromatic carbocycles. The van der Waals surface area contributed by atoms with E-state index in [1.807, 2.05) is 32.9 Å². The normalized spacial score (nSPS) is 11.7. The van der Waals surface area contributed by atoms with Crippen molar-refractivity contribution in [2.45, 2.75) is 20.8 Å². The minimum absolute atomic E-state index is 0.0717. The Hall–Kier alpha value is -4.75. The van der Waals surface area contributed by atoms with Crippen molar-refractivity contribution in [3.63, 3.8) is 0 Å². The van der Waals surface area contributed by atoms with Gasteiger partial charge < -0.3 is 10.2 Å². The fourth-order valence-electron chi connectivity index (χ4n) is 5.24. The summed E-state index contributed by atoms with van der Waals surface area (Å²) in [4.78, 5) is 4.65. The molecule has 5 aromatic rings. The smallest absolute Gasteiger partial charge is 0.200 e. The van der Waals surface area contributed by atoms with E-state index in [0.717, 1.165) is 16.7 Å². The first-order chi connectivity index (χ1) is 21.0. The van der Waals surface area contributed by atoms with Crippen molar-refractivity contribution in [3.05, 3.63) is 136 Å². The number of hydrogen-bond donors (Lipinski definition) is 2. The van der Waals surface area contributed by atoms with Gasteiger partial charge in [0.15, 0.2) is 23.3 Å². The summed E-state index contributed by atoms with van der Waals surface area (Å²) in [5.74, 6) is -12.0. The predicted molar refractivity (Wildman–Crippen MR) is 165 cm³/mol. The average molecular weight is 621 g/mol. The largest absolute Gasteiger partial charge is 0.507 e. The molecule has 0 unspecified atom stereocenters. The molecular formula is C34H26F5N2O2P. The van der Waals surface area contributed by atoms with E-state index in [1.54, 1.807) is 18.2 Å². The number of aromatic hydroxyl groups is 2. The number of benzene rings is 5. The van der Waals surface area contributed by atoms with E-state index >= 15 is 8.78 Å². The van der Waals surface area contributed by atoms with E-state index in [9.17, 15) is 23.4 Å². The Morgan fingerprint density at radius 1 is 0.614 bits per heavy atom. The Bertz CT molecular complexity index is 1910. The van der Waals surface area contributed by atoms with Crippen LogP contribution in [0, 0.1) is 49.9 Å². The molecule has 224 valence electrons. The standard InChI is InChI=1S/C34H26F5N2O2P/c1-19-16-20(2)33(21(3)17-19)40-18-22-10-4-5-11-23(22)41-44(26-14-8-6-12-24(26)42,27-15-9-7-13-25(27)43)34-31(38)29(36)28(35)30(37)32(34)39/h4-18,42-43H,1-3H3. The lowest BCUT2D eigenvalue weighted by molar-refractivity contribution is 0.384. The molecule has 0 spiro atoms. The molecule has 44 heavy (non-hydrogen) atoms. The molecule has 0 aliphatic carbocycles. The van der Waals surface area contributed by atoms with Crippen molar-refractivity contribution in [2.24, 2.45) is 9.74 Å². The van der Waals surface area contributed by atoms with Gasteiger partial charge in [0.1, 0.15) is 11.5 Å². The van der Waals surface area contributed by atoms with E-state index in [1.165, 1.54) is 60.8 Å². The molecule has 10 heteroatoms. The van der Waals surface area contributed by atoms with Crippen LogP contribution in [0.3, 0.4) is 0 Å². The number of para-hydroxylation sites is 2. The Morgan fingerprint density at radius 2 is 1.07 bits per heavy atom. The number of phenolic OH excluding ortho intramolecular Hbond substituents is 2. The fraction of sp³-hybridized carbons (Fsp3) is 0.0882. The highest BCUT2D eigenvalue weighted by atomic mass is 31.2. The van der Waals surface area contributed by atoms with Gasteiger partial charge in [0.25, 0.3) is 0 Å². The van der Waals surface area contributed by atoms with Gasteiger partial charge in [-0.25, -0.2) is 22.0 Å². The minimum atomic E-state index is -4.48. The van der Waals surface area contributed by atoms with Gasteiger partial charge in [-0.15, -0.1) is 0 Å². The summed E-state index contributed by atoms with van der Waals surface area (Å²) in [7, 11) is -4.48. The lowest BCUT2D eigenvalue weighted by Gasteiger charge is -2.29. The number of nitrogens with zero attached hydrogens (tertiary/aromatic N) is 2. The summed E-state index contributed by atoms with van der Waals surface area (Å²) in [5, 5.41) is 20.4. The molecule has 0 radical (unpaired) electrons. The summed E-state index contributed by atoms with van der Waals surface area (Å²) < 4.78 is 80.6. The summed E-state index contributed by atoms with van der Waals surface area (Å²) in [6.07, 6.45) is 1.49. The van der Waals surface area contributed by atoms with Crippen LogP contribution < -0.4 is 15.9 Å². The van der Waals surface area contributed by atoms with Crippen molar-refractivity contribution in [1.82, 2.24) is 0 Å². The molecule has 0 amide bonds. The predicted octanol–water partition coefficient (Wildman–Crippen LogP) is 8.28. The van der Waals surface area contributed by atoms with Crippen molar-refractivity contribution >= 4 is 40.6 Å². The molecule has 0 aliphatic rings. The van der Waals surface area contributed by atoms with Crippen molar-refractivity contribution in [1.29, 1.82) is 0 Å². The zero-order valence-electron chi connectivity index (χ0n) is 23.8. The van der Waals surface area contributed by atoms with Gasteiger partial charge in [-0.2, -0.15) is 0 Å². The lowest BCUT2D eigenvalue weighted by Crippen LogP contribution is -2.32. The van der Waals surface area contributed by atoms with Crippen LogP contribution in [0.15, 0.2) is 94.7 Å². The molecular weight excluding hydrogens is 594 g/mol. The maximum absolute atomic E-state index is 15.9. The van der Waals surface area contributed by atoms with Gasteiger partial charge in [-0.3, -0.25) is 9.74 Å². The van der Waals surface area contributed by atoms with E-state index in [0.29, 0.717) is 11.3 Å². The van der Waals surface area contributed by atoms with Crippen LogP contribution in [0.2, 0.25) is 0 Å². The topological polar surface area (TPSA) is 65.2 Å². The van der Waals surface area contributed by atoms with Crippen LogP contribution in [0.25, 0.3) is 0 Å². The zero-order valence-corrected chi connectivity index (χ0v) is 24.7. The highest BCUT2D eigenvalue weighted by Gasteiger charge is 2.41. The van der Waals surface area contributed by atoms with Gasteiger partial charge in [0.05, 0.1) is 23.7 Å². The molecule has 0 aromatic heterocycles. The summed E-state index contributed by atoms with van der Waals surface area (Å²) in [5.41, 5.74) is 3.97. The maximum Gasteiger partial charge on any atom is 0.200 e. The van der Waals surface area contributed by atoms with Crippen molar-refractivity contribution in [2.75, 3.05) is 0 Å². The second-order valence-electron chi connectivity index (χ2n) is 10.2. The zero-order chi connectivity index (χ0) is 31.8. The first-order valence-corrected chi connectivity index (χ1v) is 15.1.